The number of aromatic nitrogens is 3. The molecule has 1 aromatic heterocycles. The Bertz CT molecular complexity index is 744. The standard InChI is InChI=1S/C15H18N4O2S/c20-12-7-6-10(8-13(12)21)9-16-19-14(17-18-15(19)22)11-4-2-1-3-5-11/h6-9,11,20-21H,1-5H2,(H,18,22)/b16-9-. The molecule has 7 heteroatoms. The van der Waals surface area contributed by atoms with Gasteiger partial charge < -0.3 is 10.2 Å². The van der Waals surface area contributed by atoms with Crippen LogP contribution in [0.2, 0.25) is 0 Å². The summed E-state index contributed by atoms with van der Waals surface area (Å²) in [6, 6.07) is 4.54. The number of benzene rings is 1. The molecule has 0 radical (unpaired) electrons. The Labute approximate surface area is 133 Å². The Hall–Kier alpha value is -2.15. The number of phenolic OH excluding ortho intramolecular Hbond substituents is 2. The molecule has 0 spiro atoms. The lowest BCUT2D eigenvalue weighted by molar-refractivity contribution is 0.403. The van der Waals surface area contributed by atoms with E-state index in [0.717, 1.165) is 18.7 Å². The molecule has 3 rings (SSSR count). The van der Waals surface area contributed by atoms with Crippen molar-refractivity contribution < 1.29 is 10.2 Å². The van der Waals surface area contributed by atoms with Crippen molar-refractivity contribution in [3.63, 3.8) is 0 Å². The van der Waals surface area contributed by atoms with Gasteiger partial charge in [0.25, 0.3) is 0 Å². The molecule has 0 unspecified atom stereocenters. The molecule has 1 aliphatic rings. The lowest BCUT2D eigenvalue weighted by atomic mass is 9.89. The van der Waals surface area contributed by atoms with Crippen LogP contribution in [-0.4, -0.2) is 31.3 Å². The summed E-state index contributed by atoms with van der Waals surface area (Å²) in [5, 5.41) is 30.3. The molecule has 2 aromatic rings. The average molecular weight is 318 g/mol. The minimum Gasteiger partial charge on any atom is -0.504 e. The van der Waals surface area contributed by atoms with Crippen molar-refractivity contribution in [1.29, 1.82) is 0 Å². The van der Waals surface area contributed by atoms with Gasteiger partial charge in [0.1, 0.15) is 0 Å². The molecule has 3 N–H and O–H groups in total. The number of H-pyrrole nitrogens is 1. The summed E-state index contributed by atoms with van der Waals surface area (Å²) in [6.45, 7) is 0. The number of aromatic hydroxyl groups is 2. The van der Waals surface area contributed by atoms with Crippen LogP contribution < -0.4 is 0 Å². The zero-order valence-corrected chi connectivity index (χ0v) is 12.9. The van der Waals surface area contributed by atoms with Crippen molar-refractivity contribution in [2.45, 2.75) is 38.0 Å². The molecule has 1 heterocycles. The summed E-state index contributed by atoms with van der Waals surface area (Å²) < 4.78 is 2.11. The Kier molecular flexibility index (Phi) is 4.24. The number of hydrogen-bond acceptors (Lipinski definition) is 5. The molecule has 1 saturated carbocycles. The summed E-state index contributed by atoms with van der Waals surface area (Å²) in [7, 11) is 0. The number of phenols is 2. The van der Waals surface area contributed by atoms with Crippen LogP contribution in [0, 0.1) is 4.77 Å². The Morgan fingerprint density at radius 2 is 2.00 bits per heavy atom. The van der Waals surface area contributed by atoms with E-state index in [1.54, 1.807) is 17.0 Å². The minimum absolute atomic E-state index is 0.153. The van der Waals surface area contributed by atoms with Gasteiger partial charge in [0.2, 0.25) is 4.77 Å². The third-order valence-corrected chi connectivity index (χ3v) is 4.23. The lowest BCUT2D eigenvalue weighted by Gasteiger charge is -2.19. The number of aromatic amines is 1. The van der Waals surface area contributed by atoms with Gasteiger partial charge in [0, 0.05) is 5.92 Å². The average Bonchev–Trinajstić information content (AvgIpc) is 2.90. The van der Waals surface area contributed by atoms with Gasteiger partial charge in [-0.25, -0.2) is 0 Å². The fourth-order valence-corrected chi connectivity index (χ4v) is 2.97. The number of hydrogen-bond donors (Lipinski definition) is 3. The van der Waals surface area contributed by atoms with E-state index in [1.807, 2.05) is 0 Å². The summed E-state index contributed by atoms with van der Waals surface area (Å²) in [6.07, 6.45) is 7.50. The first-order valence-corrected chi connectivity index (χ1v) is 7.79. The van der Waals surface area contributed by atoms with E-state index in [1.165, 1.54) is 31.4 Å². The molecule has 0 saturated heterocycles. The lowest BCUT2D eigenvalue weighted by Crippen LogP contribution is -2.10. The van der Waals surface area contributed by atoms with Crippen LogP contribution >= 0.6 is 12.2 Å². The summed E-state index contributed by atoms with van der Waals surface area (Å²) in [4.78, 5) is 0. The summed E-state index contributed by atoms with van der Waals surface area (Å²) in [5.74, 6) is 0.920. The molecule has 0 aliphatic heterocycles. The molecule has 0 bridgehead atoms. The Balaban J connectivity index is 1.88. The van der Waals surface area contributed by atoms with Gasteiger partial charge >= 0.3 is 0 Å². The van der Waals surface area contributed by atoms with Gasteiger partial charge in [-0.05, 0) is 48.8 Å². The number of nitrogens with zero attached hydrogens (tertiary/aromatic N) is 3. The van der Waals surface area contributed by atoms with Crippen LogP contribution in [0.1, 0.15) is 49.4 Å². The predicted molar refractivity (Wildman–Crippen MR) is 86.0 cm³/mol. The van der Waals surface area contributed by atoms with Crippen molar-refractivity contribution in [3.05, 3.63) is 34.4 Å². The quantitative estimate of drug-likeness (QED) is 0.460. The number of nitrogens with one attached hydrogen (secondary N) is 1. The van der Waals surface area contributed by atoms with Crippen LogP contribution in [0.4, 0.5) is 0 Å². The normalized spacial score (nSPS) is 16.4. The second-order valence-corrected chi connectivity index (χ2v) is 5.91. The predicted octanol–water partition coefficient (Wildman–Crippen LogP) is 3.28. The molecular formula is C15H18N4O2S. The zero-order valence-electron chi connectivity index (χ0n) is 12.1. The highest BCUT2D eigenvalue weighted by Gasteiger charge is 2.21. The maximum Gasteiger partial charge on any atom is 0.216 e. The molecule has 1 fully saturated rings. The second-order valence-electron chi connectivity index (χ2n) is 5.53. The van der Waals surface area contributed by atoms with E-state index in [0.29, 0.717) is 16.3 Å². The van der Waals surface area contributed by atoms with Crippen molar-refractivity contribution in [3.8, 4) is 11.5 Å². The minimum atomic E-state index is -0.174. The topological polar surface area (TPSA) is 86.4 Å². The molecular weight excluding hydrogens is 300 g/mol. The van der Waals surface area contributed by atoms with E-state index < -0.39 is 0 Å². The van der Waals surface area contributed by atoms with Crippen LogP contribution in [-0.2, 0) is 0 Å². The fraction of sp³-hybridized carbons (Fsp3) is 0.400. The third kappa shape index (κ3) is 3.04. The molecule has 116 valence electrons. The van der Waals surface area contributed by atoms with E-state index >= 15 is 0 Å². The molecule has 6 nitrogen and oxygen atoms in total. The van der Waals surface area contributed by atoms with Gasteiger partial charge in [0.15, 0.2) is 17.3 Å². The van der Waals surface area contributed by atoms with Crippen LogP contribution in [0.25, 0.3) is 0 Å². The first-order chi connectivity index (χ1) is 10.6. The Morgan fingerprint density at radius 1 is 1.23 bits per heavy atom. The van der Waals surface area contributed by atoms with Gasteiger partial charge in [-0.1, -0.05) is 19.3 Å². The first kappa shape index (κ1) is 14.8. The van der Waals surface area contributed by atoms with E-state index in [2.05, 4.69) is 15.3 Å². The number of rotatable bonds is 3. The van der Waals surface area contributed by atoms with Gasteiger partial charge in [-0.15, -0.1) is 0 Å². The SMILES string of the molecule is Oc1ccc(/C=N\n2c(C3CCCCC3)n[nH]c2=S)cc1O. The van der Waals surface area contributed by atoms with Crippen LogP contribution in [0.3, 0.4) is 0 Å². The second kappa shape index (κ2) is 6.31. The molecule has 0 amide bonds. The molecule has 22 heavy (non-hydrogen) atoms. The molecule has 1 aromatic carbocycles. The van der Waals surface area contributed by atoms with Crippen molar-refractivity contribution in [2.75, 3.05) is 0 Å². The molecule has 0 atom stereocenters. The van der Waals surface area contributed by atoms with Crippen molar-refractivity contribution in [2.24, 2.45) is 5.10 Å². The zero-order chi connectivity index (χ0) is 15.5. The summed E-state index contributed by atoms with van der Waals surface area (Å²) in [5.41, 5.74) is 0.674. The van der Waals surface area contributed by atoms with Crippen LogP contribution in [0.15, 0.2) is 23.3 Å². The van der Waals surface area contributed by atoms with Gasteiger partial charge in [-0.2, -0.15) is 14.9 Å². The monoisotopic (exact) mass is 318 g/mol. The smallest absolute Gasteiger partial charge is 0.216 e. The van der Waals surface area contributed by atoms with Crippen molar-refractivity contribution in [1.82, 2.24) is 14.9 Å². The van der Waals surface area contributed by atoms with E-state index in [4.69, 9.17) is 12.2 Å². The van der Waals surface area contributed by atoms with Crippen molar-refractivity contribution >= 4 is 18.4 Å². The highest BCUT2D eigenvalue weighted by molar-refractivity contribution is 7.71. The highest BCUT2D eigenvalue weighted by Crippen LogP contribution is 2.31. The first-order valence-electron chi connectivity index (χ1n) is 7.39. The maximum absolute atomic E-state index is 9.51. The fourth-order valence-electron chi connectivity index (χ4n) is 2.79. The van der Waals surface area contributed by atoms with Crippen LogP contribution in [0.5, 0.6) is 11.5 Å². The van der Waals surface area contributed by atoms with Gasteiger partial charge in [0.05, 0.1) is 6.21 Å². The third-order valence-electron chi connectivity index (χ3n) is 3.97. The highest BCUT2D eigenvalue weighted by atomic mass is 32.1. The Morgan fingerprint density at radius 3 is 2.73 bits per heavy atom. The van der Waals surface area contributed by atoms with E-state index in [-0.39, 0.29) is 11.5 Å². The van der Waals surface area contributed by atoms with E-state index in [9.17, 15) is 10.2 Å². The van der Waals surface area contributed by atoms with Gasteiger partial charge in [-0.3, -0.25) is 5.10 Å². The summed E-state index contributed by atoms with van der Waals surface area (Å²) >= 11 is 5.25. The maximum atomic E-state index is 9.51. The molecule has 1 aliphatic carbocycles. The largest absolute Gasteiger partial charge is 0.504 e.